The molecule has 29 heavy (non-hydrogen) atoms. The molecule has 1 aliphatic heterocycles. The Hall–Kier alpha value is -1.32. The number of carbonyl (C=O) groups is 2. The molecule has 2 unspecified atom stereocenters. The normalized spacial score (nSPS) is 22.6. The lowest BCUT2D eigenvalue weighted by Gasteiger charge is -2.30. The van der Waals surface area contributed by atoms with E-state index in [4.69, 9.17) is 4.74 Å². The number of benzene rings is 1. The van der Waals surface area contributed by atoms with Gasteiger partial charge in [0.15, 0.2) is 11.6 Å². The molecule has 9 heteroatoms. The summed E-state index contributed by atoms with van der Waals surface area (Å²) in [5, 5.41) is 2.31. The van der Waals surface area contributed by atoms with E-state index in [9.17, 15) is 27.2 Å². The summed E-state index contributed by atoms with van der Waals surface area (Å²) in [5.74, 6) is -1.64. The van der Waals surface area contributed by atoms with Crippen molar-refractivity contribution in [1.29, 1.82) is 0 Å². The van der Waals surface area contributed by atoms with E-state index in [0.29, 0.717) is 4.47 Å². The highest BCUT2D eigenvalue weighted by molar-refractivity contribution is 9.10. The minimum Gasteiger partial charge on any atom is -0.370 e. The smallest absolute Gasteiger partial charge is 0.370 e. The van der Waals surface area contributed by atoms with Gasteiger partial charge in [-0.15, -0.1) is 0 Å². The fraction of sp³-hybridized carbons (Fsp3) is 0.600. The van der Waals surface area contributed by atoms with Gasteiger partial charge in [0.25, 0.3) is 0 Å². The summed E-state index contributed by atoms with van der Waals surface area (Å²) >= 11 is 3.17. The summed E-state index contributed by atoms with van der Waals surface area (Å²) in [4.78, 5) is 24.7. The molecular weight excluding hydrogens is 458 g/mol. The van der Waals surface area contributed by atoms with Crippen LogP contribution in [-0.2, 0) is 14.3 Å². The van der Waals surface area contributed by atoms with Crippen LogP contribution in [0.4, 0.5) is 17.6 Å². The fourth-order valence-electron chi connectivity index (χ4n) is 3.32. The Kier molecular flexibility index (Phi) is 7.62. The molecule has 4 nitrogen and oxygen atoms in total. The van der Waals surface area contributed by atoms with E-state index >= 15 is 0 Å². The third kappa shape index (κ3) is 6.86. The first-order valence-corrected chi connectivity index (χ1v) is 10.0. The second-order valence-corrected chi connectivity index (χ2v) is 8.84. The summed E-state index contributed by atoms with van der Waals surface area (Å²) in [5.41, 5.74) is -1.98. The van der Waals surface area contributed by atoms with Gasteiger partial charge in [0.2, 0.25) is 0 Å². The molecule has 1 aliphatic rings. The number of halogens is 5. The minimum absolute atomic E-state index is 0.0937. The maximum absolute atomic E-state index is 14.3. The van der Waals surface area contributed by atoms with Gasteiger partial charge in [0.1, 0.15) is 18.3 Å². The lowest BCUT2D eigenvalue weighted by atomic mass is 9.88. The highest BCUT2D eigenvalue weighted by Gasteiger charge is 2.44. The third-order valence-electron chi connectivity index (χ3n) is 4.87. The van der Waals surface area contributed by atoms with E-state index < -0.39 is 48.2 Å². The van der Waals surface area contributed by atoms with Crippen molar-refractivity contribution in [3.8, 4) is 0 Å². The van der Waals surface area contributed by atoms with Gasteiger partial charge < -0.3 is 4.74 Å². The van der Waals surface area contributed by atoms with Crippen molar-refractivity contribution < 1.29 is 31.9 Å². The molecule has 162 valence electrons. The molecule has 0 spiro atoms. The number of ketones is 2. The molecule has 0 saturated carbocycles. The van der Waals surface area contributed by atoms with Crippen molar-refractivity contribution in [3.05, 3.63) is 34.3 Å². The van der Waals surface area contributed by atoms with Crippen LogP contribution in [0.15, 0.2) is 28.7 Å². The van der Waals surface area contributed by atoms with Gasteiger partial charge in [-0.3, -0.25) is 14.9 Å². The van der Waals surface area contributed by atoms with E-state index in [1.807, 2.05) is 0 Å². The number of nitrogens with one attached hydrogen (secondary N) is 1. The maximum Gasteiger partial charge on any atom is 0.407 e. The number of carbonyl (C=O) groups excluding carboxylic acids is 2. The van der Waals surface area contributed by atoms with Crippen LogP contribution in [0, 0.1) is 5.92 Å². The average Bonchev–Trinajstić information content (AvgIpc) is 2.89. The van der Waals surface area contributed by atoms with Gasteiger partial charge in [-0.25, -0.2) is 4.39 Å². The number of hydrogen-bond acceptors (Lipinski definition) is 4. The van der Waals surface area contributed by atoms with Crippen LogP contribution in [0.25, 0.3) is 0 Å². The molecule has 1 aromatic carbocycles. The van der Waals surface area contributed by atoms with Gasteiger partial charge >= 0.3 is 6.18 Å². The zero-order valence-electron chi connectivity index (χ0n) is 16.4. The monoisotopic (exact) mass is 481 g/mol. The first-order chi connectivity index (χ1) is 13.3. The van der Waals surface area contributed by atoms with Gasteiger partial charge in [0, 0.05) is 17.3 Å². The summed E-state index contributed by atoms with van der Waals surface area (Å²) in [6.45, 7) is 3.90. The van der Waals surface area contributed by atoms with Gasteiger partial charge in [-0.2, -0.15) is 13.2 Å². The molecule has 4 atom stereocenters. The number of rotatable bonds is 8. The minimum atomic E-state index is -4.70. The summed E-state index contributed by atoms with van der Waals surface area (Å²) < 4.78 is 61.3. The topological polar surface area (TPSA) is 55.4 Å². The third-order valence-corrected chi connectivity index (χ3v) is 5.40. The molecule has 1 saturated heterocycles. The molecule has 0 aliphatic carbocycles. The zero-order valence-corrected chi connectivity index (χ0v) is 17.9. The van der Waals surface area contributed by atoms with E-state index in [-0.39, 0.29) is 24.4 Å². The van der Waals surface area contributed by atoms with E-state index in [1.165, 1.54) is 38.1 Å². The van der Waals surface area contributed by atoms with Gasteiger partial charge in [0.05, 0.1) is 18.1 Å². The van der Waals surface area contributed by atoms with Crippen molar-refractivity contribution in [2.24, 2.45) is 5.92 Å². The highest BCUT2D eigenvalue weighted by atomic mass is 79.9. The van der Waals surface area contributed by atoms with Crippen LogP contribution in [0.5, 0.6) is 0 Å². The van der Waals surface area contributed by atoms with Crippen molar-refractivity contribution >= 4 is 27.5 Å². The Morgan fingerprint density at radius 2 is 1.83 bits per heavy atom. The average molecular weight is 482 g/mol. The van der Waals surface area contributed by atoms with Gasteiger partial charge in [-0.1, -0.05) is 28.1 Å². The quantitative estimate of drug-likeness (QED) is 0.546. The molecule has 0 radical (unpaired) electrons. The summed E-state index contributed by atoms with van der Waals surface area (Å²) in [6, 6.07) is 1.93. The number of ether oxygens (including phenoxy) is 1. The summed E-state index contributed by atoms with van der Waals surface area (Å²) in [7, 11) is 0. The second-order valence-electron chi connectivity index (χ2n) is 7.93. The number of alkyl halides is 4. The molecule has 1 fully saturated rings. The Morgan fingerprint density at radius 3 is 2.28 bits per heavy atom. The number of Topliss-reactive ketones (excluding diaryl/α,β-unsaturated/α-hetero) is 2. The maximum atomic E-state index is 14.3. The standard InChI is InChI=1S/C20H24BrF4NO3/c1-11-14(17(28)10-29-11)8-16(27)15(9-19(2,3)22)26-18(20(23,24)25)12-4-6-13(21)7-5-12/h4-7,11,14-15,18,26H,8-10H2,1-3H3/t11-,14?,15?,18+/m1/s1. The van der Waals surface area contributed by atoms with Crippen LogP contribution >= 0.6 is 15.9 Å². The van der Waals surface area contributed by atoms with Crippen LogP contribution in [-0.4, -0.2) is 42.2 Å². The van der Waals surface area contributed by atoms with Crippen molar-refractivity contribution in [2.45, 2.75) is 63.6 Å². The predicted molar refractivity (Wildman–Crippen MR) is 103 cm³/mol. The zero-order chi connectivity index (χ0) is 22.0. The Labute approximate surface area is 175 Å². The Balaban J connectivity index is 2.28. The first-order valence-electron chi connectivity index (χ1n) is 9.22. The lowest BCUT2D eigenvalue weighted by Crippen LogP contribution is -2.47. The molecule has 0 amide bonds. The van der Waals surface area contributed by atoms with Crippen LogP contribution in [0.2, 0.25) is 0 Å². The van der Waals surface area contributed by atoms with Crippen LogP contribution < -0.4 is 5.32 Å². The van der Waals surface area contributed by atoms with Gasteiger partial charge in [-0.05, 0) is 38.5 Å². The summed E-state index contributed by atoms with van der Waals surface area (Å²) in [6.07, 6.45) is -5.95. The molecule has 1 N–H and O–H groups in total. The SMILES string of the molecule is C[C@H]1OCC(=O)C1CC(=O)C(CC(C)(C)F)N[C@@H](c1ccc(Br)cc1)C(F)(F)F. The molecule has 0 bridgehead atoms. The molecule has 0 aromatic heterocycles. The predicted octanol–water partition coefficient (Wildman–Crippen LogP) is 4.71. The Bertz CT molecular complexity index is 731. The molecule has 1 aromatic rings. The van der Waals surface area contributed by atoms with E-state index in [1.54, 1.807) is 6.92 Å². The highest BCUT2D eigenvalue weighted by Crippen LogP contribution is 2.35. The fourth-order valence-corrected chi connectivity index (χ4v) is 3.59. The molecular formula is C20H24BrF4NO3. The second kappa shape index (κ2) is 9.22. The van der Waals surface area contributed by atoms with Crippen LogP contribution in [0.1, 0.15) is 45.2 Å². The molecule has 2 rings (SSSR count). The number of hydrogen-bond donors (Lipinski definition) is 1. The largest absolute Gasteiger partial charge is 0.407 e. The lowest BCUT2D eigenvalue weighted by molar-refractivity contribution is -0.161. The van der Waals surface area contributed by atoms with Crippen molar-refractivity contribution in [2.75, 3.05) is 6.61 Å². The first kappa shape index (κ1) is 24.0. The van der Waals surface area contributed by atoms with Crippen molar-refractivity contribution in [1.82, 2.24) is 5.32 Å². The van der Waals surface area contributed by atoms with E-state index in [0.717, 1.165) is 0 Å². The van der Waals surface area contributed by atoms with E-state index in [2.05, 4.69) is 21.2 Å². The Morgan fingerprint density at radius 1 is 1.24 bits per heavy atom. The van der Waals surface area contributed by atoms with Crippen LogP contribution in [0.3, 0.4) is 0 Å². The van der Waals surface area contributed by atoms with Crippen molar-refractivity contribution in [3.63, 3.8) is 0 Å². The molecule has 1 heterocycles.